The number of carbonyl (C=O) groups is 1. The number of carbonyl (C=O) groups excluding carboxylic acids is 1. The van der Waals surface area contributed by atoms with E-state index in [1.165, 1.54) is 0 Å². The molecule has 0 aliphatic carbocycles. The summed E-state index contributed by atoms with van der Waals surface area (Å²) in [4.78, 5) is 11.6. The van der Waals surface area contributed by atoms with Crippen molar-refractivity contribution in [1.82, 2.24) is 5.32 Å². The highest BCUT2D eigenvalue weighted by Crippen LogP contribution is 2.23. The van der Waals surface area contributed by atoms with Gasteiger partial charge < -0.3 is 19.5 Å². The van der Waals surface area contributed by atoms with Crippen molar-refractivity contribution in [3.05, 3.63) is 23.8 Å². The average molecular weight is 309 g/mol. The molecule has 0 saturated carbocycles. The lowest BCUT2D eigenvalue weighted by Gasteiger charge is -2.19. The number of ether oxygens (including phenoxy) is 3. The Hall–Kier alpha value is -1.75. The van der Waals surface area contributed by atoms with Crippen LogP contribution >= 0.6 is 0 Å². The smallest absolute Gasteiger partial charge is 0.306 e. The summed E-state index contributed by atoms with van der Waals surface area (Å²) >= 11 is 0. The Morgan fingerprint density at radius 1 is 1.18 bits per heavy atom. The van der Waals surface area contributed by atoms with E-state index in [4.69, 9.17) is 14.2 Å². The number of methoxy groups -OCH3 is 2. The Morgan fingerprint density at radius 2 is 1.91 bits per heavy atom. The number of nitrogens with one attached hydrogen (secondary N) is 1. The van der Waals surface area contributed by atoms with Gasteiger partial charge in [0.1, 0.15) is 17.1 Å². The lowest BCUT2D eigenvalue weighted by molar-refractivity contribution is -0.154. The fraction of sp³-hybridized carbons (Fsp3) is 0.588. The van der Waals surface area contributed by atoms with Gasteiger partial charge in [-0.3, -0.25) is 4.79 Å². The zero-order chi connectivity index (χ0) is 16.6. The van der Waals surface area contributed by atoms with E-state index >= 15 is 0 Å². The van der Waals surface area contributed by atoms with Gasteiger partial charge in [0.25, 0.3) is 0 Å². The van der Waals surface area contributed by atoms with Gasteiger partial charge in [0, 0.05) is 18.5 Å². The molecule has 1 N–H and O–H groups in total. The van der Waals surface area contributed by atoms with Crippen LogP contribution < -0.4 is 14.8 Å². The zero-order valence-corrected chi connectivity index (χ0v) is 14.2. The highest BCUT2D eigenvalue weighted by atomic mass is 16.6. The molecule has 0 radical (unpaired) electrons. The van der Waals surface area contributed by atoms with Crippen LogP contribution in [0.1, 0.15) is 39.2 Å². The van der Waals surface area contributed by atoms with E-state index in [-0.39, 0.29) is 5.97 Å². The van der Waals surface area contributed by atoms with Crippen LogP contribution in [0.2, 0.25) is 0 Å². The van der Waals surface area contributed by atoms with Crippen molar-refractivity contribution in [3.8, 4) is 11.5 Å². The lowest BCUT2D eigenvalue weighted by Crippen LogP contribution is -2.24. The summed E-state index contributed by atoms with van der Waals surface area (Å²) in [6.07, 6.45) is 1.15. The molecule has 0 aromatic heterocycles. The molecule has 0 fully saturated rings. The van der Waals surface area contributed by atoms with Crippen molar-refractivity contribution in [1.29, 1.82) is 0 Å². The molecule has 0 bridgehead atoms. The van der Waals surface area contributed by atoms with E-state index in [1.807, 2.05) is 39.0 Å². The minimum atomic E-state index is -0.418. The molecule has 0 aliphatic rings. The molecule has 124 valence electrons. The molecule has 1 aromatic rings. The molecular weight excluding hydrogens is 282 g/mol. The number of hydrogen-bond donors (Lipinski definition) is 1. The van der Waals surface area contributed by atoms with E-state index < -0.39 is 5.60 Å². The van der Waals surface area contributed by atoms with Crippen molar-refractivity contribution in [2.75, 3.05) is 20.8 Å². The first-order chi connectivity index (χ1) is 10.4. The van der Waals surface area contributed by atoms with Crippen LogP contribution in [-0.4, -0.2) is 32.3 Å². The number of rotatable bonds is 8. The third-order valence-corrected chi connectivity index (χ3v) is 2.96. The average Bonchev–Trinajstić information content (AvgIpc) is 2.44. The van der Waals surface area contributed by atoms with Gasteiger partial charge in [-0.15, -0.1) is 0 Å². The van der Waals surface area contributed by atoms with Gasteiger partial charge in [-0.25, -0.2) is 0 Å². The maximum Gasteiger partial charge on any atom is 0.306 e. The van der Waals surface area contributed by atoms with Gasteiger partial charge in [0.05, 0.1) is 14.2 Å². The Labute approximate surface area is 132 Å². The number of benzene rings is 1. The molecule has 0 saturated heterocycles. The van der Waals surface area contributed by atoms with E-state index in [0.29, 0.717) is 13.0 Å². The van der Waals surface area contributed by atoms with Gasteiger partial charge in [0.15, 0.2) is 0 Å². The minimum Gasteiger partial charge on any atom is -0.497 e. The normalized spacial score (nSPS) is 11.1. The molecule has 1 rings (SSSR count). The predicted molar refractivity (Wildman–Crippen MR) is 86.3 cm³/mol. The summed E-state index contributed by atoms with van der Waals surface area (Å²) in [7, 11) is 3.29. The highest BCUT2D eigenvalue weighted by Gasteiger charge is 2.15. The second kappa shape index (κ2) is 8.63. The Morgan fingerprint density at radius 3 is 2.50 bits per heavy atom. The first-order valence-corrected chi connectivity index (χ1v) is 7.49. The number of hydrogen-bond acceptors (Lipinski definition) is 5. The summed E-state index contributed by atoms with van der Waals surface area (Å²) < 4.78 is 15.8. The van der Waals surface area contributed by atoms with Gasteiger partial charge >= 0.3 is 5.97 Å². The first kappa shape index (κ1) is 18.3. The molecule has 0 unspecified atom stereocenters. The molecule has 0 aliphatic heterocycles. The Balaban J connectivity index is 2.34. The molecule has 0 spiro atoms. The highest BCUT2D eigenvalue weighted by molar-refractivity contribution is 5.69. The van der Waals surface area contributed by atoms with Crippen LogP contribution in [0, 0.1) is 0 Å². The van der Waals surface area contributed by atoms with Crippen molar-refractivity contribution in [2.45, 2.75) is 45.8 Å². The predicted octanol–water partition coefficient (Wildman–Crippen LogP) is 2.92. The van der Waals surface area contributed by atoms with E-state index in [9.17, 15) is 4.79 Å². The molecule has 22 heavy (non-hydrogen) atoms. The monoisotopic (exact) mass is 309 g/mol. The Bertz CT molecular complexity index is 480. The first-order valence-electron chi connectivity index (χ1n) is 7.49. The molecule has 5 heteroatoms. The molecule has 1 aromatic carbocycles. The second-order valence-corrected chi connectivity index (χ2v) is 6.04. The maximum atomic E-state index is 11.6. The van der Waals surface area contributed by atoms with Crippen LogP contribution in [0.25, 0.3) is 0 Å². The fourth-order valence-electron chi connectivity index (χ4n) is 1.99. The van der Waals surface area contributed by atoms with Crippen molar-refractivity contribution >= 4 is 5.97 Å². The zero-order valence-electron chi connectivity index (χ0n) is 14.2. The summed E-state index contributed by atoms with van der Waals surface area (Å²) in [5.74, 6) is 1.46. The third kappa shape index (κ3) is 6.80. The van der Waals surface area contributed by atoms with Crippen LogP contribution in [0.5, 0.6) is 11.5 Å². The minimum absolute atomic E-state index is 0.159. The van der Waals surface area contributed by atoms with Crippen LogP contribution in [0.4, 0.5) is 0 Å². The Kier molecular flexibility index (Phi) is 7.18. The van der Waals surface area contributed by atoms with Crippen LogP contribution in [0.15, 0.2) is 18.2 Å². The summed E-state index contributed by atoms with van der Waals surface area (Å²) in [6.45, 7) is 7.02. The summed E-state index contributed by atoms with van der Waals surface area (Å²) in [5, 5.41) is 3.30. The molecule has 0 amide bonds. The second-order valence-electron chi connectivity index (χ2n) is 6.04. The van der Waals surface area contributed by atoms with Crippen molar-refractivity contribution < 1.29 is 19.0 Å². The van der Waals surface area contributed by atoms with Gasteiger partial charge in [-0.05, 0) is 51.9 Å². The number of esters is 1. The van der Waals surface area contributed by atoms with Gasteiger partial charge in [0.2, 0.25) is 0 Å². The summed E-state index contributed by atoms with van der Waals surface area (Å²) in [5.41, 5.74) is 0.609. The van der Waals surface area contributed by atoms with Crippen molar-refractivity contribution in [2.24, 2.45) is 0 Å². The standard InChI is InChI=1S/C17H27NO4/c1-17(2,3)22-16(19)7-6-10-18-12-13-11-14(20-4)8-9-15(13)21-5/h8-9,11,18H,6-7,10,12H2,1-5H3. The van der Waals surface area contributed by atoms with E-state index in [1.54, 1.807) is 14.2 Å². The molecular formula is C17H27NO4. The van der Waals surface area contributed by atoms with Crippen LogP contribution in [-0.2, 0) is 16.1 Å². The van der Waals surface area contributed by atoms with Gasteiger partial charge in [-0.2, -0.15) is 0 Å². The SMILES string of the molecule is COc1ccc(OC)c(CNCCCC(=O)OC(C)(C)C)c1. The maximum absolute atomic E-state index is 11.6. The quantitative estimate of drug-likeness (QED) is 0.591. The molecule has 0 heterocycles. The van der Waals surface area contributed by atoms with E-state index in [2.05, 4.69) is 5.32 Å². The topological polar surface area (TPSA) is 56.8 Å². The van der Waals surface area contributed by atoms with Crippen molar-refractivity contribution in [3.63, 3.8) is 0 Å². The van der Waals surface area contributed by atoms with Gasteiger partial charge in [-0.1, -0.05) is 0 Å². The lowest BCUT2D eigenvalue weighted by atomic mass is 10.2. The fourth-order valence-corrected chi connectivity index (χ4v) is 1.99. The molecule has 0 atom stereocenters. The van der Waals surface area contributed by atoms with E-state index in [0.717, 1.165) is 30.0 Å². The summed E-state index contributed by atoms with van der Waals surface area (Å²) in [6, 6.07) is 5.70. The largest absolute Gasteiger partial charge is 0.497 e. The van der Waals surface area contributed by atoms with Crippen LogP contribution in [0.3, 0.4) is 0 Å². The third-order valence-electron chi connectivity index (χ3n) is 2.96. The molecule has 5 nitrogen and oxygen atoms in total.